The van der Waals surface area contributed by atoms with Crippen molar-refractivity contribution in [3.05, 3.63) is 64.9 Å². The van der Waals surface area contributed by atoms with Crippen LogP contribution in [0.1, 0.15) is 48.4 Å². The summed E-state index contributed by atoms with van der Waals surface area (Å²) in [4.78, 5) is 9.16. The van der Waals surface area contributed by atoms with Gasteiger partial charge in [0.1, 0.15) is 23.0 Å². The average molecular weight is 368 g/mol. The van der Waals surface area contributed by atoms with Crippen LogP contribution in [0.25, 0.3) is 0 Å². The molecule has 0 heterocycles. The maximum absolute atomic E-state index is 9.98. The van der Waals surface area contributed by atoms with Gasteiger partial charge in [0.25, 0.3) is 0 Å². The number of aldehydes is 1. The molecule has 0 aromatic heterocycles. The molecule has 0 atom stereocenters. The molecule has 0 aliphatic heterocycles. The van der Waals surface area contributed by atoms with Crippen LogP contribution in [-0.2, 0) is 24.1 Å². The molecule has 0 spiro atoms. The van der Waals surface area contributed by atoms with Crippen molar-refractivity contribution < 1.29 is 19.7 Å². The van der Waals surface area contributed by atoms with Gasteiger partial charge in [0.05, 0.1) is 0 Å². The highest BCUT2D eigenvalue weighted by Crippen LogP contribution is 2.37. The van der Waals surface area contributed by atoms with Crippen LogP contribution in [0.3, 0.4) is 0 Å². The van der Waals surface area contributed by atoms with Crippen LogP contribution < -0.4 is 4.74 Å². The zero-order chi connectivity index (χ0) is 19.8. The van der Waals surface area contributed by atoms with E-state index in [1.54, 1.807) is 6.07 Å². The van der Waals surface area contributed by atoms with Crippen LogP contribution in [0.2, 0.25) is 0 Å². The second-order valence-electron chi connectivity index (χ2n) is 6.81. The number of hydrogen-bond donors (Lipinski definition) is 2. The molecule has 4 nitrogen and oxygen atoms in total. The second kappa shape index (κ2) is 9.81. The van der Waals surface area contributed by atoms with Crippen LogP contribution in [-0.4, -0.2) is 16.5 Å². The minimum absolute atomic E-state index is 0.278. The molecule has 0 saturated heterocycles. The molecule has 0 unspecified atom stereocenters. The van der Waals surface area contributed by atoms with E-state index >= 15 is 0 Å². The number of carbonyl (C=O) groups excluding carboxylic acids is 1. The Hall–Kier alpha value is -2.75. The van der Waals surface area contributed by atoms with Gasteiger partial charge < -0.3 is 14.9 Å². The summed E-state index contributed by atoms with van der Waals surface area (Å²) in [6, 6.07) is 9.97. The first-order chi connectivity index (χ1) is 13.0. The van der Waals surface area contributed by atoms with Crippen LogP contribution in [0, 0.1) is 6.92 Å². The van der Waals surface area contributed by atoms with Gasteiger partial charge in [-0.25, -0.2) is 0 Å². The number of phenols is 1. The van der Waals surface area contributed by atoms with Gasteiger partial charge in [0, 0.05) is 0 Å². The smallest absolute Gasteiger partial charge is 0.183 e. The number of aromatic hydroxyl groups is 1. The normalized spacial score (nSPS) is 11.9. The zero-order valence-corrected chi connectivity index (χ0v) is 16.1. The zero-order valence-electron chi connectivity index (χ0n) is 16.1. The highest BCUT2D eigenvalue weighted by Gasteiger charge is 2.18. The summed E-state index contributed by atoms with van der Waals surface area (Å²) in [6.07, 6.45) is 6.85. The van der Waals surface area contributed by atoms with E-state index in [1.807, 2.05) is 12.1 Å². The topological polar surface area (TPSA) is 66.8 Å². The van der Waals surface area contributed by atoms with Gasteiger partial charge in [0.15, 0.2) is 6.29 Å². The molecule has 0 saturated carbocycles. The van der Waals surface area contributed by atoms with Crippen molar-refractivity contribution in [2.45, 2.75) is 52.4 Å². The van der Waals surface area contributed by atoms with Gasteiger partial charge in [-0.3, -0.25) is 4.79 Å². The van der Waals surface area contributed by atoms with Crippen molar-refractivity contribution in [1.82, 2.24) is 0 Å². The number of unbranched alkanes of at least 4 members (excludes halogenated alkanes) is 1. The molecule has 0 fully saturated rings. The molecule has 2 aromatic carbocycles. The van der Waals surface area contributed by atoms with E-state index in [4.69, 9.17) is 14.6 Å². The number of carbonyl (C=O) groups is 1. The molecule has 2 aromatic rings. The maximum Gasteiger partial charge on any atom is 0.183 e. The lowest BCUT2D eigenvalue weighted by molar-refractivity contribution is -0.106. The fraction of sp³-hybridized carbons (Fsp3) is 0.348. The Morgan fingerprint density at radius 1 is 1.26 bits per heavy atom. The molecule has 1 aliphatic carbocycles. The minimum Gasteiger partial charge on any atom is -0.508 e. The summed E-state index contributed by atoms with van der Waals surface area (Å²) in [5.74, 6) is 1.79. The van der Waals surface area contributed by atoms with Crippen molar-refractivity contribution in [3.63, 3.8) is 0 Å². The quantitative estimate of drug-likeness (QED) is 0.397. The predicted octanol–water partition coefficient (Wildman–Crippen LogP) is 5.58. The summed E-state index contributed by atoms with van der Waals surface area (Å²) in [7, 11) is 0. The lowest BCUT2D eigenvalue weighted by Crippen LogP contribution is -1.95. The third-order valence-corrected chi connectivity index (χ3v) is 4.63. The molecule has 0 bridgehead atoms. The highest BCUT2D eigenvalue weighted by molar-refractivity contribution is 5.68. The lowest BCUT2D eigenvalue weighted by Gasteiger charge is -2.15. The fourth-order valence-electron chi connectivity index (χ4n) is 3.20. The number of allylic oxidation sites excluding steroid dienone is 1. The first-order valence-electron chi connectivity index (χ1n) is 9.40. The van der Waals surface area contributed by atoms with Gasteiger partial charge >= 0.3 is 0 Å². The van der Waals surface area contributed by atoms with E-state index in [1.165, 1.54) is 23.1 Å². The molecule has 0 radical (unpaired) electrons. The first-order valence-corrected chi connectivity index (χ1v) is 9.40. The van der Waals surface area contributed by atoms with Gasteiger partial charge in [-0.2, -0.15) is 0 Å². The lowest BCUT2D eigenvalue weighted by atomic mass is 10.0. The Balaban J connectivity index is 0.000000465. The van der Waals surface area contributed by atoms with Crippen LogP contribution >= 0.6 is 0 Å². The Bertz CT molecular complexity index is 808. The number of fused-ring (bicyclic) bond motifs is 1. The molecular weight excluding hydrogens is 340 g/mol. The van der Waals surface area contributed by atoms with Crippen molar-refractivity contribution in [2.24, 2.45) is 0 Å². The standard InChI is InChI=1S/C20H24O2.C3H4O2/c1-3-4-6-16-13-17(11-12-19(16)21)22-20-14(2)9-10-15-7-5-8-18(15)20;1-3(5)2-4/h9-13,21H,3-8H2,1-2H3;2,5H,1H2. The van der Waals surface area contributed by atoms with Crippen molar-refractivity contribution >= 4 is 6.29 Å². The van der Waals surface area contributed by atoms with Crippen molar-refractivity contribution in [2.75, 3.05) is 0 Å². The average Bonchev–Trinajstić information content (AvgIpc) is 3.13. The number of rotatable bonds is 6. The number of aryl methyl sites for hydroxylation is 3. The molecule has 2 N–H and O–H groups in total. The first kappa shape index (κ1) is 20.6. The number of aliphatic hydroxyl groups is 1. The molecular formula is C23H28O4. The highest BCUT2D eigenvalue weighted by atomic mass is 16.5. The van der Waals surface area contributed by atoms with Gasteiger partial charge in [0.2, 0.25) is 0 Å². The molecule has 0 amide bonds. The number of benzene rings is 2. The van der Waals surface area contributed by atoms with E-state index in [2.05, 4.69) is 32.6 Å². The summed E-state index contributed by atoms with van der Waals surface area (Å²) < 4.78 is 6.22. The largest absolute Gasteiger partial charge is 0.508 e. The number of phenolic OH excluding ortho intramolecular Hbond substituents is 1. The Labute approximate surface area is 161 Å². The van der Waals surface area contributed by atoms with Crippen LogP contribution in [0.4, 0.5) is 0 Å². The third kappa shape index (κ3) is 5.61. The number of hydrogen-bond acceptors (Lipinski definition) is 4. The summed E-state index contributed by atoms with van der Waals surface area (Å²) in [5, 5.41) is 17.8. The van der Waals surface area contributed by atoms with Gasteiger partial charge in [-0.15, -0.1) is 0 Å². The summed E-state index contributed by atoms with van der Waals surface area (Å²) in [6.45, 7) is 7.13. The Kier molecular flexibility index (Phi) is 7.47. The Morgan fingerprint density at radius 3 is 2.67 bits per heavy atom. The monoisotopic (exact) mass is 368 g/mol. The second-order valence-corrected chi connectivity index (χ2v) is 6.81. The number of aliphatic hydroxyl groups excluding tert-OH is 1. The number of ether oxygens (including phenoxy) is 1. The van der Waals surface area contributed by atoms with Gasteiger partial charge in [-0.05, 0) is 79.5 Å². The Morgan fingerprint density at radius 2 is 2.00 bits per heavy atom. The van der Waals surface area contributed by atoms with E-state index < -0.39 is 5.76 Å². The van der Waals surface area contributed by atoms with Crippen LogP contribution in [0.15, 0.2) is 42.7 Å². The molecule has 27 heavy (non-hydrogen) atoms. The van der Waals surface area contributed by atoms with Crippen LogP contribution in [0.5, 0.6) is 17.2 Å². The van der Waals surface area contributed by atoms with Crippen molar-refractivity contribution in [3.8, 4) is 17.2 Å². The molecule has 1 aliphatic rings. The molecule has 3 rings (SSSR count). The van der Waals surface area contributed by atoms with Gasteiger partial charge in [-0.1, -0.05) is 32.1 Å². The van der Waals surface area contributed by atoms with E-state index in [0.717, 1.165) is 49.2 Å². The van der Waals surface area contributed by atoms with E-state index in [-0.39, 0.29) is 6.29 Å². The fourth-order valence-corrected chi connectivity index (χ4v) is 3.20. The summed E-state index contributed by atoms with van der Waals surface area (Å²) in [5.41, 5.74) is 4.95. The van der Waals surface area contributed by atoms with E-state index in [9.17, 15) is 5.11 Å². The summed E-state index contributed by atoms with van der Waals surface area (Å²) >= 11 is 0. The minimum atomic E-state index is -0.426. The van der Waals surface area contributed by atoms with Crippen molar-refractivity contribution in [1.29, 1.82) is 0 Å². The third-order valence-electron chi connectivity index (χ3n) is 4.63. The SMILES string of the molecule is C=C(O)C=O.CCCCc1cc(Oc2c(C)ccc3c2CCC3)ccc1O. The van der Waals surface area contributed by atoms with E-state index in [0.29, 0.717) is 5.75 Å². The maximum atomic E-state index is 9.98. The molecule has 4 heteroatoms. The molecule has 144 valence electrons. The predicted molar refractivity (Wildman–Crippen MR) is 108 cm³/mol.